The van der Waals surface area contributed by atoms with Crippen LogP contribution in [0.3, 0.4) is 0 Å². The van der Waals surface area contributed by atoms with Crippen LogP contribution in [0.15, 0.2) is 24.3 Å². The third kappa shape index (κ3) is 3.27. The standard InChI is InChI=1S/C11H14N2/c1-9-3-2-4-10(7-9)8-11(13)5-6-12/h2-4,7,11H,5,8,13H2,1H3. The van der Waals surface area contributed by atoms with E-state index in [-0.39, 0.29) is 6.04 Å². The van der Waals surface area contributed by atoms with E-state index in [1.54, 1.807) is 0 Å². The van der Waals surface area contributed by atoms with Crippen LogP contribution in [0, 0.1) is 18.3 Å². The van der Waals surface area contributed by atoms with E-state index in [2.05, 4.69) is 25.1 Å². The molecule has 0 aliphatic carbocycles. The summed E-state index contributed by atoms with van der Waals surface area (Å²) < 4.78 is 0. The summed E-state index contributed by atoms with van der Waals surface area (Å²) in [7, 11) is 0. The Kier molecular flexibility index (Phi) is 3.48. The van der Waals surface area contributed by atoms with Gasteiger partial charge in [-0.2, -0.15) is 5.26 Å². The van der Waals surface area contributed by atoms with Crippen molar-refractivity contribution in [3.63, 3.8) is 0 Å². The topological polar surface area (TPSA) is 49.8 Å². The largest absolute Gasteiger partial charge is 0.326 e. The Morgan fingerprint density at radius 3 is 2.92 bits per heavy atom. The Balaban J connectivity index is 2.59. The minimum atomic E-state index is -0.0354. The molecule has 13 heavy (non-hydrogen) atoms. The molecule has 2 N–H and O–H groups in total. The van der Waals surface area contributed by atoms with Gasteiger partial charge in [0.05, 0.1) is 12.5 Å². The van der Waals surface area contributed by atoms with E-state index in [1.165, 1.54) is 11.1 Å². The van der Waals surface area contributed by atoms with Crippen molar-refractivity contribution in [1.29, 1.82) is 5.26 Å². The van der Waals surface area contributed by atoms with Gasteiger partial charge in [0.15, 0.2) is 0 Å². The van der Waals surface area contributed by atoms with Crippen LogP contribution in [-0.4, -0.2) is 6.04 Å². The molecule has 1 rings (SSSR count). The predicted octanol–water partition coefficient (Wildman–Crippen LogP) is 1.78. The van der Waals surface area contributed by atoms with Crippen molar-refractivity contribution in [2.45, 2.75) is 25.8 Å². The lowest BCUT2D eigenvalue weighted by Crippen LogP contribution is -2.21. The van der Waals surface area contributed by atoms with Crippen LogP contribution in [0.25, 0.3) is 0 Å². The summed E-state index contributed by atoms with van der Waals surface area (Å²) in [6.45, 7) is 2.05. The second kappa shape index (κ2) is 4.64. The van der Waals surface area contributed by atoms with Crippen molar-refractivity contribution in [2.75, 3.05) is 0 Å². The zero-order chi connectivity index (χ0) is 9.68. The molecule has 0 aromatic heterocycles. The van der Waals surface area contributed by atoms with E-state index < -0.39 is 0 Å². The molecule has 2 nitrogen and oxygen atoms in total. The quantitative estimate of drug-likeness (QED) is 0.759. The van der Waals surface area contributed by atoms with E-state index in [9.17, 15) is 0 Å². The molecule has 1 aromatic rings. The molecule has 0 aliphatic rings. The third-order valence-corrected chi connectivity index (χ3v) is 1.93. The maximum Gasteiger partial charge on any atom is 0.0638 e. The summed E-state index contributed by atoms with van der Waals surface area (Å²) in [4.78, 5) is 0. The first kappa shape index (κ1) is 9.76. The van der Waals surface area contributed by atoms with E-state index in [1.807, 2.05) is 12.1 Å². The van der Waals surface area contributed by atoms with E-state index >= 15 is 0 Å². The summed E-state index contributed by atoms with van der Waals surface area (Å²) >= 11 is 0. The van der Waals surface area contributed by atoms with Gasteiger partial charge in [0.25, 0.3) is 0 Å². The average molecular weight is 174 g/mol. The number of hydrogen-bond donors (Lipinski definition) is 1. The van der Waals surface area contributed by atoms with Gasteiger partial charge in [-0.05, 0) is 18.9 Å². The Bertz CT molecular complexity index is 312. The van der Waals surface area contributed by atoms with Crippen LogP contribution < -0.4 is 5.73 Å². The van der Waals surface area contributed by atoms with Gasteiger partial charge in [-0.25, -0.2) is 0 Å². The molecule has 0 amide bonds. The van der Waals surface area contributed by atoms with Crippen LogP contribution in [0.2, 0.25) is 0 Å². The Morgan fingerprint density at radius 1 is 1.54 bits per heavy atom. The van der Waals surface area contributed by atoms with Gasteiger partial charge < -0.3 is 5.73 Å². The minimum Gasteiger partial charge on any atom is -0.326 e. The van der Waals surface area contributed by atoms with Crippen molar-refractivity contribution in [3.05, 3.63) is 35.4 Å². The molecule has 68 valence electrons. The fraction of sp³-hybridized carbons (Fsp3) is 0.364. The van der Waals surface area contributed by atoms with Gasteiger partial charge in [-0.1, -0.05) is 29.8 Å². The molecule has 0 saturated carbocycles. The fourth-order valence-electron chi connectivity index (χ4n) is 1.33. The van der Waals surface area contributed by atoms with Crippen molar-refractivity contribution in [2.24, 2.45) is 5.73 Å². The molecule has 0 bridgehead atoms. The minimum absolute atomic E-state index is 0.0354. The highest BCUT2D eigenvalue weighted by Crippen LogP contribution is 2.06. The predicted molar refractivity (Wildman–Crippen MR) is 53.1 cm³/mol. The van der Waals surface area contributed by atoms with Gasteiger partial charge in [0.2, 0.25) is 0 Å². The van der Waals surface area contributed by atoms with Crippen LogP contribution in [-0.2, 0) is 6.42 Å². The molecule has 2 heteroatoms. The normalized spacial score (nSPS) is 12.1. The number of hydrogen-bond acceptors (Lipinski definition) is 2. The zero-order valence-electron chi connectivity index (χ0n) is 7.83. The third-order valence-electron chi connectivity index (χ3n) is 1.93. The lowest BCUT2D eigenvalue weighted by Gasteiger charge is -2.07. The van der Waals surface area contributed by atoms with Crippen LogP contribution >= 0.6 is 0 Å². The van der Waals surface area contributed by atoms with Crippen molar-refractivity contribution in [3.8, 4) is 6.07 Å². The number of nitrogens with two attached hydrogens (primary N) is 1. The fourth-order valence-corrected chi connectivity index (χ4v) is 1.33. The number of aryl methyl sites for hydroxylation is 1. The first-order valence-corrected chi connectivity index (χ1v) is 4.40. The smallest absolute Gasteiger partial charge is 0.0638 e. The second-order valence-electron chi connectivity index (χ2n) is 3.32. The molecule has 0 radical (unpaired) electrons. The van der Waals surface area contributed by atoms with Crippen molar-refractivity contribution >= 4 is 0 Å². The van der Waals surface area contributed by atoms with Gasteiger partial charge in [-0.15, -0.1) is 0 Å². The van der Waals surface area contributed by atoms with E-state index in [0.29, 0.717) is 6.42 Å². The number of nitrogens with zero attached hydrogens (tertiary/aromatic N) is 1. The van der Waals surface area contributed by atoms with Gasteiger partial charge in [-0.3, -0.25) is 0 Å². The first-order valence-electron chi connectivity index (χ1n) is 4.40. The van der Waals surface area contributed by atoms with Gasteiger partial charge >= 0.3 is 0 Å². The average Bonchev–Trinajstić information content (AvgIpc) is 2.04. The second-order valence-corrected chi connectivity index (χ2v) is 3.32. The summed E-state index contributed by atoms with van der Waals surface area (Å²) in [6, 6.07) is 10.3. The summed E-state index contributed by atoms with van der Waals surface area (Å²) in [5.41, 5.74) is 8.19. The highest BCUT2D eigenvalue weighted by Gasteiger charge is 2.02. The lowest BCUT2D eigenvalue weighted by atomic mass is 10.0. The monoisotopic (exact) mass is 174 g/mol. The molecule has 1 atom stereocenters. The summed E-state index contributed by atoms with van der Waals surface area (Å²) in [5.74, 6) is 0. The number of benzene rings is 1. The maximum atomic E-state index is 8.44. The summed E-state index contributed by atoms with van der Waals surface area (Å²) in [6.07, 6.45) is 1.21. The highest BCUT2D eigenvalue weighted by atomic mass is 14.6. The molecule has 1 unspecified atom stereocenters. The highest BCUT2D eigenvalue weighted by molar-refractivity contribution is 5.23. The van der Waals surface area contributed by atoms with E-state index in [0.717, 1.165) is 6.42 Å². The molecule has 0 heterocycles. The van der Waals surface area contributed by atoms with Crippen molar-refractivity contribution < 1.29 is 0 Å². The Hall–Kier alpha value is -1.33. The van der Waals surface area contributed by atoms with Crippen LogP contribution in [0.5, 0.6) is 0 Å². The number of nitriles is 1. The van der Waals surface area contributed by atoms with Crippen LogP contribution in [0.4, 0.5) is 0 Å². The summed E-state index contributed by atoms with van der Waals surface area (Å²) in [5, 5.41) is 8.44. The molecular weight excluding hydrogens is 160 g/mol. The molecule has 0 aliphatic heterocycles. The number of rotatable bonds is 3. The molecular formula is C11H14N2. The Labute approximate surface area is 79.0 Å². The molecule has 0 spiro atoms. The zero-order valence-corrected chi connectivity index (χ0v) is 7.83. The van der Waals surface area contributed by atoms with Gasteiger partial charge in [0, 0.05) is 6.04 Å². The van der Waals surface area contributed by atoms with Crippen LogP contribution in [0.1, 0.15) is 17.5 Å². The SMILES string of the molecule is Cc1cccc(CC(N)CC#N)c1. The lowest BCUT2D eigenvalue weighted by molar-refractivity contribution is 0.685. The first-order chi connectivity index (χ1) is 6.22. The molecule has 0 fully saturated rings. The van der Waals surface area contributed by atoms with Crippen molar-refractivity contribution in [1.82, 2.24) is 0 Å². The molecule has 1 aromatic carbocycles. The molecule has 0 saturated heterocycles. The van der Waals surface area contributed by atoms with Gasteiger partial charge in [0.1, 0.15) is 0 Å². The van der Waals surface area contributed by atoms with E-state index in [4.69, 9.17) is 11.0 Å². The Morgan fingerprint density at radius 2 is 2.31 bits per heavy atom. The maximum absolute atomic E-state index is 8.44.